The summed E-state index contributed by atoms with van der Waals surface area (Å²) < 4.78 is 0. The van der Waals surface area contributed by atoms with Gasteiger partial charge in [0.05, 0.1) is 11.3 Å². The first-order chi connectivity index (χ1) is 8.22. The highest BCUT2D eigenvalue weighted by Gasteiger charge is 2.09. The zero-order valence-electron chi connectivity index (χ0n) is 10.5. The number of nitriles is 1. The fourth-order valence-electron chi connectivity index (χ4n) is 1.60. The molecule has 92 valence electrons. The van der Waals surface area contributed by atoms with Crippen LogP contribution in [0.25, 0.3) is 0 Å². The zero-order valence-corrected chi connectivity index (χ0v) is 12.1. The van der Waals surface area contributed by atoms with E-state index >= 15 is 0 Å². The van der Waals surface area contributed by atoms with Gasteiger partial charge in [-0.3, -0.25) is 0 Å². The quantitative estimate of drug-likeness (QED) is 0.794. The molecule has 0 fully saturated rings. The average molecular weight is 266 g/mol. The highest BCUT2D eigenvalue weighted by molar-refractivity contribution is 7.99. The maximum absolute atomic E-state index is 9.26. The molecule has 1 unspecified atom stereocenters. The predicted molar refractivity (Wildman–Crippen MR) is 79.0 cm³/mol. The summed E-state index contributed by atoms with van der Waals surface area (Å²) in [6.45, 7) is 4.24. The second-order valence-corrected chi connectivity index (χ2v) is 5.94. The number of anilines is 1. The molecule has 4 heteroatoms. The Morgan fingerprint density at radius 2 is 2.24 bits per heavy atom. The van der Waals surface area contributed by atoms with Crippen LogP contribution < -0.4 is 5.32 Å². The molecule has 0 saturated carbocycles. The first-order valence-electron chi connectivity index (χ1n) is 5.64. The Balaban J connectivity index is 2.91. The van der Waals surface area contributed by atoms with Gasteiger partial charge in [-0.05, 0) is 31.1 Å². The molecule has 0 bridgehead atoms. The van der Waals surface area contributed by atoms with Crippen molar-refractivity contribution in [1.82, 2.24) is 0 Å². The lowest BCUT2D eigenvalue weighted by molar-refractivity contribution is 0.912. The van der Waals surface area contributed by atoms with E-state index in [2.05, 4.69) is 31.5 Å². The molecule has 1 N–H and O–H groups in total. The molecule has 0 aliphatic carbocycles. The minimum atomic E-state index is 0.374. The van der Waals surface area contributed by atoms with E-state index in [0.717, 1.165) is 27.7 Å². The summed E-state index contributed by atoms with van der Waals surface area (Å²) in [5.74, 6) is 2.02. The Bertz CT molecular complexity index is 399. The lowest BCUT2D eigenvalue weighted by atomic mass is 10.2. The number of benzene rings is 1. The Labute approximate surface area is 112 Å². The monoisotopic (exact) mass is 266 g/mol. The summed E-state index contributed by atoms with van der Waals surface area (Å²) in [7, 11) is 0. The number of nitrogens with zero attached hydrogens (tertiary/aromatic N) is 1. The van der Waals surface area contributed by atoms with Crippen molar-refractivity contribution in [2.24, 2.45) is 0 Å². The first-order valence-corrected chi connectivity index (χ1v) is 8.02. The van der Waals surface area contributed by atoms with Gasteiger partial charge >= 0.3 is 0 Å². The summed E-state index contributed by atoms with van der Waals surface area (Å²) in [5.41, 5.74) is 1.72. The van der Waals surface area contributed by atoms with E-state index in [0.29, 0.717) is 6.04 Å². The van der Waals surface area contributed by atoms with Gasteiger partial charge < -0.3 is 5.32 Å². The highest BCUT2D eigenvalue weighted by Crippen LogP contribution is 2.28. The summed E-state index contributed by atoms with van der Waals surface area (Å²) in [5, 5.41) is 12.7. The van der Waals surface area contributed by atoms with Gasteiger partial charge in [0.15, 0.2) is 0 Å². The standard InChI is InChI=1S/C13H18N2S2/c1-4-17-13-7-5-6-12(11(13)8-14)15-10(2)9-16-3/h5-7,10,15H,4,9H2,1-3H3. The van der Waals surface area contributed by atoms with Crippen LogP contribution in [-0.4, -0.2) is 23.8 Å². The summed E-state index contributed by atoms with van der Waals surface area (Å²) in [6.07, 6.45) is 2.09. The van der Waals surface area contributed by atoms with Crippen LogP contribution in [0.3, 0.4) is 0 Å². The molecule has 0 aliphatic heterocycles. The minimum absolute atomic E-state index is 0.374. The molecular weight excluding hydrogens is 248 g/mol. The van der Waals surface area contributed by atoms with Crippen LogP contribution in [0.15, 0.2) is 23.1 Å². The Morgan fingerprint density at radius 3 is 2.82 bits per heavy atom. The summed E-state index contributed by atoms with van der Waals surface area (Å²) >= 11 is 3.52. The van der Waals surface area contributed by atoms with Crippen molar-refractivity contribution in [3.8, 4) is 6.07 Å². The minimum Gasteiger partial charge on any atom is -0.381 e. The molecule has 1 aromatic rings. The molecule has 2 nitrogen and oxygen atoms in total. The van der Waals surface area contributed by atoms with Gasteiger partial charge in [-0.25, -0.2) is 0 Å². The van der Waals surface area contributed by atoms with Crippen molar-refractivity contribution in [2.45, 2.75) is 24.8 Å². The van der Waals surface area contributed by atoms with Gasteiger partial charge in [-0.2, -0.15) is 17.0 Å². The molecule has 1 rings (SSSR count). The van der Waals surface area contributed by atoms with E-state index in [-0.39, 0.29) is 0 Å². The van der Waals surface area contributed by atoms with E-state index in [1.54, 1.807) is 23.5 Å². The second-order valence-electron chi connectivity index (χ2n) is 3.72. The van der Waals surface area contributed by atoms with E-state index in [1.165, 1.54) is 0 Å². The molecule has 0 radical (unpaired) electrons. The van der Waals surface area contributed by atoms with Gasteiger partial charge in [0.1, 0.15) is 6.07 Å². The number of hydrogen-bond acceptors (Lipinski definition) is 4. The van der Waals surface area contributed by atoms with Gasteiger partial charge in [0.2, 0.25) is 0 Å². The summed E-state index contributed by atoms with van der Waals surface area (Å²) in [4.78, 5) is 1.07. The lowest BCUT2D eigenvalue weighted by Crippen LogP contribution is -2.18. The molecule has 1 atom stereocenters. The Hall–Kier alpha value is -0.790. The molecular formula is C13H18N2S2. The van der Waals surface area contributed by atoms with Crippen molar-refractivity contribution in [1.29, 1.82) is 5.26 Å². The summed E-state index contributed by atoms with van der Waals surface area (Å²) in [6, 6.07) is 8.68. The van der Waals surface area contributed by atoms with E-state index in [1.807, 2.05) is 18.2 Å². The zero-order chi connectivity index (χ0) is 12.7. The van der Waals surface area contributed by atoms with Crippen LogP contribution in [0, 0.1) is 11.3 Å². The van der Waals surface area contributed by atoms with Crippen molar-refractivity contribution in [3.05, 3.63) is 23.8 Å². The van der Waals surface area contributed by atoms with Gasteiger partial charge in [-0.1, -0.05) is 13.0 Å². The molecule has 0 amide bonds. The molecule has 0 heterocycles. The first kappa shape index (κ1) is 14.3. The largest absolute Gasteiger partial charge is 0.381 e. The van der Waals surface area contributed by atoms with Crippen LogP contribution in [0.1, 0.15) is 19.4 Å². The number of rotatable bonds is 6. The topological polar surface area (TPSA) is 35.8 Å². The molecule has 1 aromatic carbocycles. The predicted octanol–water partition coefficient (Wildman–Crippen LogP) is 3.83. The third kappa shape index (κ3) is 4.18. The fraction of sp³-hybridized carbons (Fsp3) is 0.462. The Morgan fingerprint density at radius 1 is 1.47 bits per heavy atom. The molecule has 0 spiro atoms. The molecule has 0 saturated heterocycles. The normalized spacial score (nSPS) is 11.9. The van der Waals surface area contributed by atoms with Gasteiger partial charge in [0.25, 0.3) is 0 Å². The fourth-order valence-corrected chi connectivity index (χ4v) is 2.97. The maximum atomic E-state index is 9.26. The van der Waals surface area contributed by atoms with E-state index in [9.17, 15) is 5.26 Å². The molecule has 17 heavy (non-hydrogen) atoms. The van der Waals surface area contributed by atoms with Crippen LogP contribution in [0.2, 0.25) is 0 Å². The third-order valence-electron chi connectivity index (χ3n) is 2.26. The smallest absolute Gasteiger partial charge is 0.102 e. The van der Waals surface area contributed by atoms with Crippen LogP contribution in [0.4, 0.5) is 5.69 Å². The third-order valence-corrected chi connectivity index (χ3v) is 4.03. The Kier molecular flexibility index (Phi) is 6.31. The van der Waals surface area contributed by atoms with Crippen molar-refractivity contribution in [2.75, 3.05) is 23.1 Å². The number of thioether (sulfide) groups is 2. The number of hydrogen-bond donors (Lipinski definition) is 1. The number of nitrogens with one attached hydrogen (secondary N) is 1. The van der Waals surface area contributed by atoms with Crippen molar-refractivity contribution < 1.29 is 0 Å². The second kappa shape index (κ2) is 7.52. The van der Waals surface area contributed by atoms with E-state index in [4.69, 9.17) is 0 Å². The SMILES string of the molecule is CCSc1cccc(NC(C)CSC)c1C#N. The lowest BCUT2D eigenvalue weighted by Gasteiger charge is -2.16. The van der Waals surface area contributed by atoms with Crippen LogP contribution in [0.5, 0.6) is 0 Å². The van der Waals surface area contributed by atoms with E-state index < -0.39 is 0 Å². The van der Waals surface area contributed by atoms with Gasteiger partial charge in [-0.15, -0.1) is 11.8 Å². The average Bonchev–Trinajstić information content (AvgIpc) is 2.30. The molecule has 0 aromatic heterocycles. The maximum Gasteiger partial charge on any atom is 0.102 e. The van der Waals surface area contributed by atoms with Gasteiger partial charge in [0, 0.05) is 16.7 Å². The van der Waals surface area contributed by atoms with Crippen LogP contribution >= 0.6 is 23.5 Å². The highest BCUT2D eigenvalue weighted by atomic mass is 32.2. The van der Waals surface area contributed by atoms with Crippen molar-refractivity contribution >= 4 is 29.2 Å². The van der Waals surface area contributed by atoms with Crippen LogP contribution in [-0.2, 0) is 0 Å². The van der Waals surface area contributed by atoms with Crippen molar-refractivity contribution in [3.63, 3.8) is 0 Å². The molecule has 0 aliphatic rings.